The highest BCUT2D eigenvalue weighted by Gasteiger charge is 2.22. The SMILES string of the molecule is CCN(CC)CC.O=C(O)c1c(O)c(Cc2c[nH]c3ccccc23)nc2c(F)cccc12. The van der Waals surface area contributed by atoms with Gasteiger partial charge in [0.1, 0.15) is 16.9 Å². The molecule has 168 valence electrons. The van der Waals surface area contributed by atoms with Crippen molar-refractivity contribution in [2.45, 2.75) is 27.2 Å². The standard InChI is InChI=1S/C19H13FN2O3.C6H15N/c20-13-6-3-5-12-16(19(24)25)18(23)15(22-17(12)13)8-10-9-21-14-7-2-1-4-11(10)14;1-4-7(5-2)6-3/h1-7,9,21,23H,8H2,(H,24,25);4-6H2,1-3H3. The van der Waals surface area contributed by atoms with E-state index in [4.69, 9.17) is 0 Å². The van der Waals surface area contributed by atoms with Crippen LogP contribution in [0.4, 0.5) is 4.39 Å². The number of hydrogen-bond acceptors (Lipinski definition) is 4. The number of nitrogens with zero attached hydrogens (tertiary/aromatic N) is 2. The lowest BCUT2D eigenvalue weighted by atomic mass is 10.0. The average molecular weight is 438 g/mol. The zero-order valence-corrected chi connectivity index (χ0v) is 18.5. The maximum Gasteiger partial charge on any atom is 0.340 e. The number of carbonyl (C=O) groups is 1. The van der Waals surface area contributed by atoms with Crippen molar-refractivity contribution in [3.8, 4) is 5.75 Å². The van der Waals surface area contributed by atoms with Gasteiger partial charge in [0.15, 0.2) is 5.75 Å². The molecule has 2 heterocycles. The molecule has 0 fully saturated rings. The molecule has 0 bridgehead atoms. The molecule has 3 N–H and O–H groups in total. The Kier molecular flexibility index (Phi) is 7.43. The highest BCUT2D eigenvalue weighted by Crippen LogP contribution is 2.32. The van der Waals surface area contributed by atoms with E-state index in [0.29, 0.717) is 0 Å². The number of fused-ring (bicyclic) bond motifs is 2. The second-order valence-electron chi connectivity index (χ2n) is 7.38. The number of pyridine rings is 1. The minimum absolute atomic E-state index is 0.0625. The summed E-state index contributed by atoms with van der Waals surface area (Å²) in [6.45, 7) is 10.1. The minimum atomic E-state index is -1.32. The van der Waals surface area contributed by atoms with Crippen molar-refractivity contribution in [2.24, 2.45) is 0 Å². The van der Waals surface area contributed by atoms with Crippen LogP contribution in [0.2, 0.25) is 0 Å². The van der Waals surface area contributed by atoms with E-state index in [9.17, 15) is 19.4 Å². The number of rotatable bonds is 6. The summed E-state index contributed by atoms with van der Waals surface area (Å²) in [6.07, 6.45) is 1.96. The molecule has 0 radical (unpaired) electrons. The van der Waals surface area contributed by atoms with Crippen LogP contribution in [0.5, 0.6) is 5.75 Å². The van der Waals surface area contributed by atoms with E-state index >= 15 is 0 Å². The number of aromatic hydroxyl groups is 1. The Morgan fingerprint density at radius 1 is 1.03 bits per heavy atom. The Labute approximate surface area is 186 Å². The molecule has 0 aliphatic carbocycles. The van der Waals surface area contributed by atoms with Gasteiger partial charge >= 0.3 is 5.97 Å². The predicted octanol–water partition coefficient (Wildman–Crippen LogP) is 5.20. The lowest BCUT2D eigenvalue weighted by Crippen LogP contribution is -2.21. The molecule has 0 saturated heterocycles. The van der Waals surface area contributed by atoms with Gasteiger partial charge in [-0.3, -0.25) is 0 Å². The molecule has 4 rings (SSSR count). The summed E-state index contributed by atoms with van der Waals surface area (Å²) in [5.41, 5.74) is 1.49. The number of carboxylic acid groups (broad SMARTS) is 1. The number of aromatic nitrogens is 2. The molecule has 0 saturated carbocycles. The number of aromatic carboxylic acids is 1. The van der Waals surface area contributed by atoms with Gasteiger partial charge in [0.05, 0.1) is 5.69 Å². The number of H-pyrrole nitrogens is 1. The van der Waals surface area contributed by atoms with Crippen molar-refractivity contribution >= 4 is 27.8 Å². The normalized spacial score (nSPS) is 11.0. The van der Waals surface area contributed by atoms with Crippen LogP contribution >= 0.6 is 0 Å². The summed E-state index contributed by atoms with van der Waals surface area (Å²) in [4.78, 5) is 21.3. The van der Waals surface area contributed by atoms with E-state index in [-0.39, 0.29) is 28.6 Å². The highest BCUT2D eigenvalue weighted by molar-refractivity contribution is 6.05. The lowest BCUT2D eigenvalue weighted by molar-refractivity contribution is 0.0695. The van der Waals surface area contributed by atoms with Crippen molar-refractivity contribution in [3.63, 3.8) is 0 Å². The van der Waals surface area contributed by atoms with Gasteiger partial charge in [-0.05, 0) is 37.3 Å². The van der Waals surface area contributed by atoms with Crippen LogP contribution < -0.4 is 0 Å². The molecule has 2 aromatic heterocycles. The molecule has 0 atom stereocenters. The molecule has 0 amide bonds. The van der Waals surface area contributed by atoms with Crippen molar-refractivity contribution in [1.82, 2.24) is 14.9 Å². The maximum absolute atomic E-state index is 14.1. The summed E-state index contributed by atoms with van der Waals surface area (Å²) in [5.74, 6) is -2.38. The van der Waals surface area contributed by atoms with Gasteiger partial charge in [-0.15, -0.1) is 0 Å². The maximum atomic E-state index is 14.1. The largest absolute Gasteiger partial charge is 0.505 e. The second-order valence-corrected chi connectivity index (χ2v) is 7.38. The molecule has 4 aromatic rings. The van der Waals surface area contributed by atoms with Crippen molar-refractivity contribution in [1.29, 1.82) is 0 Å². The number of para-hydroxylation sites is 2. The fourth-order valence-corrected chi connectivity index (χ4v) is 3.76. The van der Waals surface area contributed by atoms with E-state index in [1.165, 1.54) is 37.8 Å². The first-order valence-electron chi connectivity index (χ1n) is 10.7. The number of carboxylic acids is 1. The molecule has 0 unspecified atom stereocenters. The third kappa shape index (κ3) is 4.73. The number of aromatic amines is 1. The summed E-state index contributed by atoms with van der Waals surface area (Å²) in [7, 11) is 0. The topological polar surface area (TPSA) is 89.5 Å². The van der Waals surface area contributed by atoms with Crippen LogP contribution in [0.1, 0.15) is 42.4 Å². The zero-order chi connectivity index (χ0) is 23.3. The quantitative estimate of drug-likeness (QED) is 0.386. The van der Waals surface area contributed by atoms with Crippen molar-refractivity contribution < 1.29 is 19.4 Å². The van der Waals surface area contributed by atoms with Crippen LogP contribution in [0.3, 0.4) is 0 Å². The number of halogens is 1. The van der Waals surface area contributed by atoms with Crippen LogP contribution in [0, 0.1) is 5.82 Å². The zero-order valence-electron chi connectivity index (χ0n) is 18.5. The number of benzene rings is 2. The van der Waals surface area contributed by atoms with Gasteiger partial charge in [-0.2, -0.15) is 0 Å². The molecule has 6 nitrogen and oxygen atoms in total. The predicted molar refractivity (Wildman–Crippen MR) is 125 cm³/mol. The lowest BCUT2D eigenvalue weighted by Gasteiger charge is -2.13. The molecular weight excluding hydrogens is 409 g/mol. The Balaban J connectivity index is 0.000000360. The van der Waals surface area contributed by atoms with Gasteiger partial charge in [-0.1, -0.05) is 51.1 Å². The Bertz CT molecular complexity index is 1230. The fraction of sp³-hybridized carbons (Fsp3) is 0.280. The summed E-state index contributed by atoms with van der Waals surface area (Å²) < 4.78 is 14.1. The summed E-state index contributed by atoms with van der Waals surface area (Å²) >= 11 is 0. The van der Waals surface area contributed by atoms with Crippen LogP contribution in [-0.2, 0) is 6.42 Å². The first-order chi connectivity index (χ1) is 15.4. The molecule has 2 aromatic carbocycles. The molecule has 0 aliphatic heterocycles. The van der Waals surface area contributed by atoms with Crippen LogP contribution in [0.25, 0.3) is 21.8 Å². The Morgan fingerprint density at radius 3 is 2.31 bits per heavy atom. The van der Waals surface area contributed by atoms with E-state index in [2.05, 4.69) is 35.6 Å². The first kappa shape index (κ1) is 23.2. The van der Waals surface area contributed by atoms with E-state index in [1.54, 1.807) is 6.20 Å². The Hall–Kier alpha value is -3.45. The monoisotopic (exact) mass is 437 g/mol. The van der Waals surface area contributed by atoms with Gasteiger partial charge in [0, 0.05) is 28.9 Å². The summed E-state index contributed by atoms with van der Waals surface area (Å²) in [5, 5.41) is 20.9. The summed E-state index contributed by atoms with van der Waals surface area (Å²) in [6, 6.07) is 11.6. The highest BCUT2D eigenvalue weighted by atomic mass is 19.1. The number of hydrogen-bond donors (Lipinski definition) is 3. The first-order valence-corrected chi connectivity index (χ1v) is 10.7. The van der Waals surface area contributed by atoms with E-state index in [0.717, 1.165) is 16.5 Å². The number of nitrogens with one attached hydrogen (secondary N) is 1. The molecule has 0 aliphatic rings. The van der Waals surface area contributed by atoms with Gasteiger partial charge < -0.3 is 20.1 Å². The average Bonchev–Trinajstić information content (AvgIpc) is 3.19. The van der Waals surface area contributed by atoms with Gasteiger partial charge in [0.25, 0.3) is 0 Å². The smallest absolute Gasteiger partial charge is 0.340 e. The van der Waals surface area contributed by atoms with Crippen LogP contribution in [0.15, 0.2) is 48.7 Å². The van der Waals surface area contributed by atoms with Crippen molar-refractivity contribution in [2.75, 3.05) is 19.6 Å². The fourth-order valence-electron chi connectivity index (χ4n) is 3.76. The molecule has 7 heteroatoms. The van der Waals surface area contributed by atoms with Gasteiger partial charge in [-0.25, -0.2) is 14.2 Å². The van der Waals surface area contributed by atoms with Crippen LogP contribution in [-0.4, -0.2) is 50.7 Å². The second kappa shape index (κ2) is 10.2. The minimum Gasteiger partial charge on any atom is -0.505 e. The van der Waals surface area contributed by atoms with E-state index in [1.807, 2.05) is 24.3 Å². The molecule has 32 heavy (non-hydrogen) atoms. The third-order valence-electron chi connectivity index (χ3n) is 5.60. The van der Waals surface area contributed by atoms with Gasteiger partial charge in [0.2, 0.25) is 0 Å². The molecular formula is C25H28FN3O3. The third-order valence-corrected chi connectivity index (χ3v) is 5.60. The Morgan fingerprint density at radius 2 is 1.69 bits per heavy atom. The van der Waals surface area contributed by atoms with E-state index < -0.39 is 17.5 Å². The van der Waals surface area contributed by atoms with Crippen molar-refractivity contribution in [3.05, 3.63) is 71.3 Å². The molecule has 0 spiro atoms.